The Kier molecular flexibility index (Phi) is 5.62. The van der Waals surface area contributed by atoms with Crippen LogP contribution in [-0.2, 0) is 24.1 Å². The van der Waals surface area contributed by atoms with Crippen LogP contribution in [0, 0.1) is 0 Å². The number of carbonyl (C=O) groups excluding carboxylic acids is 1. The zero-order chi connectivity index (χ0) is 22.0. The summed E-state index contributed by atoms with van der Waals surface area (Å²) in [6.45, 7) is 0.542. The Hall–Kier alpha value is -3.43. The van der Waals surface area contributed by atoms with Crippen molar-refractivity contribution in [2.75, 3.05) is 20.3 Å². The van der Waals surface area contributed by atoms with Gasteiger partial charge in [-0.2, -0.15) is 13.2 Å². The SMILES string of the molecule is COc1cc2c(cc1CNC(=O)Cn1c(C(F)(F)F)nc3ccccc31)OCCCO2. The first-order chi connectivity index (χ1) is 14.9. The number of hydrogen-bond donors (Lipinski definition) is 1. The molecule has 2 aromatic carbocycles. The van der Waals surface area contributed by atoms with Crippen LogP contribution in [-0.4, -0.2) is 35.8 Å². The highest BCUT2D eigenvalue weighted by Gasteiger charge is 2.38. The van der Waals surface area contributed by atoms with E-state index in [0.29, 0.717) is 36.0 Å². The third kappa shape index (κ3) is 4.37. The Labute approximate surface area is 175 Å². The minimum Gasteiger partial charge on any atom is -0.496 e. The summed E-state index contributed by atoms with van der Waals surface area (Å²) >= 11 is 0. The summed E-state index contributed by atoms with van der Waals surface area (Å²) in [6.07, 6.45) is -3.94. The van der Waals surface area contributed by atoms with Crippen molar-refractivity contribution in [2.24, 2.45) is 0 Å². The third-order valence-electron chi connectivity index (χ3n) is 4.84. The molecule has 0 atom stereocenters. The van der Waals surface area contributed by atoms with Gasteiger partial charge >= 0.3 is 6.18 Å². The third-order valence-corrected chi connectivity index (χ3v) is 4.84. The molecule has 0 fully saturated rings. The molecular formula is C21H20F3N3O4. The predicted octanol–water partition coefficient (Wildman–Crippen LogP) is 3.54. The van der Waals surface area contributed by atoms with E-state index in [-0.39, 0.29) is 17.6 Å². The highest BCUT2D eigenvalue weighted by atomic mass is 19.4. The number of rotatable bonds is 5. The van der Waals surface area contributed by atoms with Gasteiger partial charge < -0.3 is 24.1 Å². The molecule has 1 amide bonds. The first kappa shape index (κ1) is 20.8. The molecule has 1 aromatic heterocycles. The molecule has 3 aromatic rings. The summed E-state index contributed by atoms with van der Waals surface area (Å²) in [5.41, 5.74) is 1.02. The molecule has 0 radical (unpaired) electrons. The molecule has 2 heterocycles. The molecule has 0 aliphatic carbocycles. The van der Waals surface area contributed by atoms with Gasteiger partial charge in [-0.15, -0.1) is 0 Å². The second kappa shape index (κ2) is 8.37. The summed E-state index contributed by atoms with van der Waals surface area (Å²) in [5, 5.41) is 2.65. The fourth-order valence-corrected chi connectivity index (χ4v) is 3.41. The number of para-hydroxylation sites is 2. The minimum atomic E-state index is -4.68. The van der Waals surface area contributed by atoms with Crippen molar-refractivity contribution in [3.63, 3.8) is 0 Å². The lowest BCUT2D eigenvalue weighted by atomic mass is 10.1. The van der Waals surface area contributed by atoms with Gasteiger partial charge in [0.05, 0.1) is 31.4 Å². The first-order valence-electron chi connectivity index (χ1n) is 9.62. The number of amides is 1. The van der Waals surface area contributed by atoms with E-state index < -0.39 is 24.5 Å². The number of nitrogens with one attached hydrogen (secondary N) is 1. The van der Waals surface area contributed by atoms with Crippen molar-refractivity contribution in [2.45, 2.75) is 25.7 Å². The zero-order valence-corrected chi connectivity index (χ0v) is 16.7. The molecule has 0 bridgehead atoms. The number of imidazole rings is 1. The van der Waals surface area contributed by atoms with Crippen LogP contribution in [0.25, 0.3) is 11.0 Å². The Balaban J connectivity index is 1.54. The van der Waals surface area contributed by atoms with Gasteiger partial charge in [-0.25, -0.2) is 4.98 Å². The van der Waals surface area contributed by atoms with Crippen molar-refractivity contribution >= 4 is 16.9 Å². The lowest BCUT2D eigenvalue weighted by Gasteiger charge is -2.15. The largest absolute Gasteiger partial charge is 0.496 e. The maximum absolute atomic E-state index is 13.4. The lowest BCUT2D eigenvalue weighted by molar-refractivity contribution is -0.147. The normalized spacial score (nSPS) is 13.7. The second-order valence-electron chi connectivity index (χ2n) is 6.95. The highest BCUT2D eigenvalue weighted by Crippen LogP contribution is 2.36. The molecule has 7 nitrogen and oxygen atoms in total. The smallest absolute Gasteiger partial charge is 0.449 e. The number of fused-ring (bicyclic) bond motifs is 2. The maximum Gasteiger partial charge on any atom is 0.449 e. The van der Waals surface area contributed by atoms with E-state index in [1.54, 1.807) is 24.3 Å². The van der Waals surface area contributed by atoms with Gasteiger partial charge in [-0.1, -0.05) is 12.1 Å². The van der Waals surface area contributed by atoms with E-state index in [1.165, 1.54) is 19.2 Å². The molecule has 1 aliphatic heterocycles. The average Bonchev–Trinajstić information content (AvgIpc) is 2.95. The number of halogens is 3. The van der Waals surface area contributed by atoms with E-state index in [2.05, 4.69) is 10.3 Å². The number of ether oxygens (including phenoxy) is 3. The summed E-state index contributed by atoms with van der Waals surface area (Å²) in [6, 6.07) is 9.54. The molecule has 1 aliphatic rings. The lowest BCUT2D eigenvalue weighted by Crippen LogP contribution is -2.29. The molecular weight excluding hydrogens is 415 g/mol. The number of aromatic nitrogens is 2. The minimum absolute atomic E-state index is 0.0482. The average molecular weight is 435 g/mol. The summed E-state index contributed by atoms with van der Waals surface area (Å²) < 4.78 is 57.8. The van der Waals surface area contributed by atoms with Crippen LogP contribution in [0.15, 0.2) is 36.4 Å². The molecule has 0 saturated carbocycles. The molecule has 0 saturated heterocycles. The summed E-state index contributed by atoms with van der Waals surface area (Å²) in [4.78, 5) is 16.2. The predicted molar refractivity (Wildman–Crippen MR) is 105 cm³/mol. The Morgan fingerprint density at radius 3 is 2.61 bits per heavy atom. The standard InChI is InChI=1S/C21H20F3N3O4/c1-29-16-10-18-17(30-7-4-8-31-18)9-13(16)11-25-19(28)12-27-15-6-3-2-5-14(15)26-20(27)21(22,23)24/h2-3,5-6,9-10H,4,7-8,11-12H2,1H3,(H,25,28). The van der Waals surface area contributed by atoms with Crippen molar-refractivity contribution in [3.05, 3.63) is 47.8 Å². The Morgan fingerprint density at radius 1 is 1.19 bits per heavy atom. The van der Waals surface area contributed by atoms with Crippen molar-refractivity contribution in [3.8, 4) is 17.2 Å². The Bertz CT molecular complexity index is 1110. The van der Waals surface area contributed by atoms with Crippen LogP contribution >= 0.6 is 0 Å². The molecule has 0 unspecified atom stereocenters. The molecule has 31 heavy (non-hydrogen) atoms. The van der Waals surface area contributed by atoms with Gasteiger partial charge in [0, 0.05) is 24.6 Å². The van der Waals surface area contributed by atoms with Gasteiger partial charge in [0.25, 0.3) is 0 Å². The number of hydrogen-bond acceptors (Lipinski definition) is 5. The van der Waals surface area contributed by atoms with E-state index >= 15 is 0 Å². The summed E-state index contributed by atoms with van der Waals surface area (Å²) in [5.74, 6) is -0.153. The molecule has 4 rings (SSSR count). The van der Waals surface area contributed by atoms with Gasteiger partial charge in [0.1, 0.15) is 12.3 Å². The van der Waals surface area contributed by atoms with E-state index in [1.807, 2.05) is 0 Å². The number of nitrogens with zero attached hydrogens (tertiary/aromatic N) is 2. The topological polar surface area (TPSA) is 74.6 Å². The second-order valence-corrected chi connectivity index (χ2v) is 6.95. The highest BCUT2D eigenvalue weighted by molar-refractivity contribution is 5.81. The van der Waals surface area contributed by atoms with Crippen LogP contribution in [0.4, 0.5) is 13.2 Å². The van der Waals surface area contributed by atoms with Crippen molar-refractivity contribution in [1.82, 2.24) is 14.9 Å². The van der Waals surface area contributed by atoms with Crippen molar-refractivity contribution in [1.29, 1.82) is 0 Å². The number of methoxy groups -OCH3 is 1. The van der Waals surface area contributed by atoms with Gasteiger partial charge in [-0.3, -0.25) is 4.79 Å². The van der Waals surface area contributed by atoms with Crippen LogP contribution in [0.1, 0.15) is 17.8 Å². The number of carbonyl (C=O) groups is 1. The van der Waals surface area contributed by atoms with Gasteiger partial charge in [0.15, 0.2) is 11.5 Å². The van der Waals surface area contributed by atoms with Crippen LogP contribution < -0.4 is 19.5 Å². The quantitative estimate of drug-likeness (QED) is 0.664. The van der Waals surface area contributed by atoms with Crippen LogP contribution in [0.2, 0.25) is 0 Å². The molecule has 10 heteroatoms. The molecule has 0 spiro atoms. The van der Waals surface area contributed by atoms with E-state index in [4.69, 9.17) is 14.2 Å². The maximum atomic E-state index is 13.4. The van der Waals surface area contributed by atoms with Crippen LogP contribution in [0.3, 0.4) is 0 Å². The monoisotopic (exact) mass is 435 g/mol. The Morgan fingerprint density at radius 2 is 1.90 bits per heavy atom. The molecule has 164 valence electrons. The van der Waals surface area contributed by atoms with Crippen molar-refractivity contribution < 1.29 is 32.2 Å². The fraction of sp³-hybridized carbons (Fsp3) is 0.333. The summed E-state index contributed by atoms with van der Waals surface area (Å²) in [7, 11) is 1.48. The van der Waals surface area contributed by atoms with Gasteiger partial charge in [-0.05, 0) is 18.2 Å². The van der Waals surface area contributed by atoms with E-state index in [9.17, 15) is 18.0 Å². The molecule has 1 N–H and O–H groups in total. The van der Waals surface area contributed by atoms with Crippen LogP contribution in [0.5, 0.6) is 17.2 Å². The number of benzene rings is 2. The fourth-order valence-electron chi connectivity index (χ4n) is 3.41. The van der Waals surface area contributed by atoms with E-state index in [0.717, 1.165) is 11.0 Å². The number of alkyl halides is 3. The zero-order valence-electron chi connectivity index (χ0n) is 16.7. The van der Waals surface area contributed by atoms with Gasteiger partial charge in [0.2, 0.25) is 11.7 Å². The first-order valence-corrected chi connectivity index (χ1v) is 9.62.